The van der Waals surface area contributed by atoms with Gasteiger partial charge in [0.05, 0.1) is 35.4 Å². The maximum absolute atomic E-state index is 10.4. The van der Waals surface area contributed by atoms with Crippen molar-refractivity contribution in [2.75, 3.05) is 13.1 Å². The lowest BCUT2D eigenvalue weighted by atomic mass is 9.90. The molecule has 0 bridgehead atoms. The molecule has 1 aromatic carbocycles. The van der Waals surface area contributed by atoms with Crippen LogP contribution in [0.15, 0.2) is 42.6 Å². The van der Waals surface area contributed by atoms with Crippen molar-refractivity contribution in [3.63, 3.8) is 0 Å². The fraction of sp³-hybridized carbons (Fsp3) is 0.429. The van der Waals surface area contributed by atoms with Crippen LogP contribution in [0.4, 0.5) is 0 Å². The molecule has 0 fully saturated rings. The fourth-order valence-electron chi connectivity index (χ4n) is 4.07. The van der Waals surface area contributed by atoms with E-state index in [2.05, 4.69) is 20.9 Å². The van der Waals surface area contributed by atoms with Crippen molar-refractivity contribution in [3.05, 3.63) is 59.7 Å². The molecule has 0 spiro atoms. The molecule has 2 heterocycles. The Bertz CT molecular complexity index is 860. The number of aryl methyl sites for hydroxylation is 1. The van der Waals surface area contributed by atoms with E-state index in [-0.39, 0.29) is 6.04 Å². The predicted octanol–water partition coefficient (Wildman–Crippen LogP) is 2.55. The van der Waals surface area contributed by atoms with Gasteiger partial charge in [-0.15, -0.1) is 0 Å². The van der Waals surface area contributed by atoms with E-state index in [1.165, 1.54) is 5.56 Å². The summed E-state index contributed by atoms with van der Waals surface area (Å²) < 4.78 is 0. The van der Waals surface area contributed by atoms with Crippen LogP contribution in [-0.4, -0.2) is 44.2 Å². The number of para-hydroxylation sites is 2. The Balaban J connectivity index is 1.62. The van der Waals surface area contributed by atoms with Crippen LogP contribution in [0.5, 0.6) is 0 Å². The molecular formula is C21H27N5O. The van der Waals surface area contributed by atoms with Gasteiger partial charge in [-0.1, -0.05) is 18.2 Å². The normalized spacial score (nSPS) is 18.0. The molecular weight excluding hydrogens is 338 g/mol. The van der Waals surface area contributed by atoms with Crippen LogP contribution in [0.25, 0.3) is 11.0 Å². The molecule has 0 amide bonds. The van der Waals surface area contributed by atoms with Crippen molar-refractivity contribution in [1.29, 1.82) is 0 Å². The van der Waals surface area contributed by atoms with Gasteiger partial charge in [-0.05, 0) is 56.0 Å². The molecule has 27 heavy (non-hydrogen) atoms. The minimum absolute atomic E-state index is 0.190. The first-order valence-electron chi connectivity index (χ1n) is 9.74. The highest BCUT2D eigenvalue weighted by molar-refractivity contribution is 5.74. The highest BCUT2D eigenvalue weighted by atomic mass is 16.3. The van der Waals surface area contributed by atoms with Gasteiger partial charge in [0.2, 0.25) is 0 Å². The predicted molar refractivity (Wildman–Crippen MR) is 106 cm³/mol. The second kappa shape index (κ2) is 8.17. The van der Waals surface area contributed by atoms with E-state index in [0.717, 1.165) is 41.8 Å². The van der Waals surface area contributed by atoms with E-state index in [0.29, 0.717) is 26.1 Å². The maximum Gasteiger partial charge on any atom is 0.121 e. The van der Waals surface area contributed by atoms with Gasteiger partial charge in [0.15, 0.2) is 0 Å². The van der Waals surface area contributed by atoms with Crippen molar-refractivity contribution >= 4 is 11.0 Å². The van der Waals surface area contributed by atoms with E-state index in [1.54, 1.807) is 0 Å². The summed E-state index contributed by atoms with van der Waals surface area (Å²) in [6.07, 6.45) is 5.26. The lowest BCUT2D eigenvalue weighted by Gasteiger charge is -2.35. The summed E-state index contributed by atoms with van der Waals surface area (Å²) in [5.74, 6) is 0.916. The van der Waals surface area contributed by atoms with Crippen molar-refractivity contribution < 1.29 is 5.11 Å². The van der Waals surface area contributed by atoms with Crippen molar-refractivity contribution in [2.45, 2.75) is 44.4 Å². The van der Waals surface area contributed by atoms with Crippen molar-refractivity contribution in [2.24, 2.45) is 5.73 Å². The molecule has 0 aliphatic heterocycles. The number of aliphatic hydroxyl groups excluding tert-OH is 1. The number of hydrogen-bond acceptors (Lipinski definition) is 5. The molecule has 3 aromatic rings. The smallest absolute Gasteiger partial charge is 0.121 e. The summed E-state index contributed by atoms with van der Waals surface area (Å²) in [4.78, 5) is 15.1. The average molecular weight is 365 g/mol. The number of fused-ring (bicyclic) bond motifs is 2. The molecule has 6 nitrogen and oxygen atoms in total. The summed E-state index contributed by atoms with van der Waals surface area (Å²) in [6, 6.07) is 12.4. The summed E-state index contributed by atoms with van der Waals surface area (Å²) in [5.41, 5.74) is 10.1. The standard InChI is InChI=1S/C21H27N5O/c22-11-10-16(27)13-26(14-20-24-17-7-1-2-8-18(17)25-20)19-9-3-5-15-6-4-12-23-21(15)19/h1-2,4,6-8,12,16,19,27H,3,5,9-11,13-14,22H2,(H,24,25). The van der Waals surface area contributed by atoms with E-state index in [9.17, 15) is 5.11 Å². The Morgan fingerprint density at radius 2 is 2.15 bits per heavy atom. The van der Waals surface area contributed by atoms with E-state index >= 15 is 0 Å². The summed E-state index contributed by atoms with van der Waals surface area (Å²) in [6.45, 7) is 1.70. The number of aromatic amines is 1. The Morgan fingerprint density at radius 3 is 3.00 bits per heavy atom. The molecule has 1 aliphatic rings. The van der Waals surface area contributed by atoms with Gasteiger partial charge in [-0.3, -0.25) is 9.88 Å². The summed E-state index contributed by atoms with van der Waals surface area (Å²) in [7, 11) is 0. The molecule has 2 atom stereocenters. The molecule has 1 aliphatic carbocycles. The van der Waals surface area contributed by atoms with Crippen LogP contribution in [-0.2, 0) is 13.0 Å². The molecule has 4 rings (SSSR count). The molecule has 0 radical (unpaired) electrons. The Hall–Kier alpha value is -2.28. The van der Waals surface area contributed by atoms with Crippen molar-refractivity contribution in [1.82, 2.24) is 19.9 Å². The van der Waals surface area contributed by atoms with E-state index in [4.69, 9.17) is 10.7 Å². The van der Waals surface area contributed by atoms with Gasteiger partial charge >= 0.3 is 0 Å². The molecule has 2 unspecified atom stereocenters. The minimum Gasteiger partial charge on any atom is -0.392 e. The fourth-order valence-corrected chi connectivity index (χ4v) is 4.07. The number of aromatic nitrogens is 3. The average Bonchev–Trinajstić information content (AvgIpc) is 3.09. The topological polar surface area (TPSA) is 91.1 Å². The highest BCUT2D eigenvalue weighted by Crippen LogP contribution is 2.33. The first-order chi connectivity index (χ1) is 13.2. The maximum atomic E-state index is 10.4. The number of benzene rings is 1. The number of nitrogens with two attached hydrogens (primary N) is 1. The second-order valence-corrected chi connectivity index (χ2v) is 7.32. The largest absolute Gasteiger partial charge is 0.392 e. The van der Waals surface area contributed by atoms with Gasteiger partial charge in [0.1, 0.15) is 5.82 Å². The summed E-state index contributed by atoms with van der Waals surface area (Å²) in [5, 5.41) is 10.4. The Morgan fingerprint density at radius 1 is 1.26 bits per heavy atom. The number of nitrogens with one attached hydrogen (secondary N) is 1. The number of rotatable bonds is 7. The third-order valence-corrected chi connectivity index (χ3v) is 5.34. The zero-order valence-electron chi connectivity index (χ0n) is 15.5. The third-order valence-electron chi connectivity index (χ3n) is 5.34. The second-order valence-electron chi connectivity index (χ2n) is 7.32. The van der Waals surface area contributed by atoms with E-state index < -0.39 is 6.10 Å². The lowest BCUT2D eigenvalue weighted by molar-refractivity contribution is 0.0684. The molecule has 4 N–H and O–H groups in total. The first kappa shape index (κ1) is 18.1. The Kier molecular flexibility index (Phi) is 5.48. The van der Waals surface area contributed by atoms with Gasteiger partial charge in [0, 0.05) is 12.7 Å². The SMILES string of the molecule is NCCC(O)CN(Cc1nc2ccccc2[nH]1)C1CCCc2cccnc21. The number of pyridine rings is 1. The minimum atomic E-state index is -0.450. The zero-order chi connectivity index (χ0) is 18.6. The van der Waals surface area contributed by atoms with Gasteiger partial charge in [-0.25, -0.2) is 4.98 Å². The van der Waals surface area contributed by atoms with Crippen LogP contribution in [0, 0.1) is 0 Å². The van der Waals surface area contributed by atoms with Gasteiger partial charge in [-0.2, -0.15) is 0 Å². The lowest BCUT2D eigenvalue weighted by Crippen LogP contribution is -2.38. The zero-order valence-corrected chi connectivity index (χ0v) is 15.5. The summed E-state index contributed by atoms with van der Waals surface area (Å²) >= 11 is 0. The number of hydrogen-bond donors (Lipinski definition) is 3. The molecule has 6 heteroatoms. The van der Waals surface area contributed by atoms with Gasteiger partial charge in [0.25, 0.3) is 0 Å². The van der Waals surface area contributed by atoms with Crippen LogP contribution in [0.2, 0.25) is 0 Å². The number of imidazole rings is 1. The quantitative estimate of drug-likeness (QED) is 0.598. The van der Waals surface area contributed by atoms with Crippen LogP contribution >= 0.6 is 0 Å². The molecule has 0 saturated heterocycles. The van der Waals surface area contributed by atoms with Crippen LogP contribution in [0.3, 0.4) is 0 Å². The monoisotopic (exact) mass is 365 g/mol. The third kappa shape index (κ3) is 4.03. The Labute approximate surface area is 159 Å². The van der Waals surface area contributed by atoms with Gasteiger partial charge < -0.3 is 15.8 Å². The van der Waals surface area contributed by atoms with Crippen molar-refractivity contribution in [3.8, 4) is 0 Å². The molecule has 0 saturated carbocycles. The molecule has 142 valence electrons. The molecule has 2 aromatic heterocycles. The van der Waals surface area contributed by atoms with Crippen LogP contribution < -0.4 is 5.73 Å². The van der Waals surface area contributed by atoms with Crippen LogP contribution in [0.1, 0.15) is 42.4 Å². The number of nitrogens with zero attached hydrogens (tertiary/aromatic N) is 3. The number of H-pyrrole nitrogens is 1. The highest BCUT2D eigenvalue weighted by Gasteiger charge is 2.29. The van der Waals surface area contributed by atoms with E-state index in [1.807, 2.05) is 36.5 Å². The number of aliphatic hydroxyl groups is 1. The first-order valence-corrected chi connectivity index (χ1v) is 9.74.